The molecule has 1 aliphatic rings. The number of amides is 1. The second-order valence-electron chi connectivity index (χ2n) is 7.24. The number of nitrogens with one attached hydrogen (secondary N) is 1. The maximum atomic E-state index is 12.2. The van der Waals surface area contributed by atoms with Crippen molar-refractivity contribution in [1.82, 2.24) is 20.2 Å². The molecule has 2 aromatic rings. The van der Waals surface area contributed by atoms with Gasteiger partial charge in [-0.3, -0.25) is 9.69 Å². The summed E-state index contributed by atoms with van der Waals surface area (Å²) in [5, 5.41) is 3.18. The zero-order valence-corrected chi connectivity index (χ0v) is 17.4. The second kappa shape index (κ2) is 9.85. The first-order valence-corrected chi connectivity index (χ1v) is 10.2. The number of nitrogens with zero attached hydrogens (tertiary/aromatic N) is 4. The molecule has 0 aliphatic carbocycles. The van der Waals surface area contributed by atoms with E-state index in [1.54, 1.807) is 6.92 Å². The summed E-state index contributed by atoms with van der Waals surface area (Å²) >= 11 is 6.00. The number of halogens is 1. The predicted octanol–water partition coefficient (Wildman–Crippen LogP) is 3.08. The Bertz CT molecular complexity index is 805. The van der Waals surface area contributed by atoms with Crippen molar-refractivity contribution in [3.63, 3.8) is 0 Å². The highest BCUT2D eigenvalue weighted by Gasteiger charge is 2.17. The lowest BCUT2D eigenvalue weighted by atomic mass is 10.2. The van der Waals surface area contributed by atoms with Crippen molar-refractivity contribution in [2.75, 3.05) is 44.2 Å². The highest BCUT2D eigenvalue weighted by molar-refractivity contribution is 6.33. The average molecular weight is 402 g/mol. The molecular formula is C21H28ClN5O. The molecule has 0 unspecified atom stereocenters. The van der Waals surface area contributed by atoms with Gasteiger partial charge in [-0.2, -0.15) is 0 Å². The maximum absolute atomic E-state index is 12.2. The number of piperazine rings is 1. The fourth-order valence-corrected chi connectivity index (χ4v) is 3.59. The summed E-state index contributed by atoms with van der Waals surface area (Å²) in [4.78, 5) is 25.2. The summed E-state index contributed by atoms with van der Waals surface area (Å²) in [6, 6.07) is 8.71. The molecular weight excluding hydrogens is 374 g/mol. The second-order valence-corrected chi connectivity index (χ2v) is 7.65. The molecule has 1 saturated heterocycles. The third kappa shape index (κ3) is 5.66. The molecule has 0 radical (unpaired) electrons. The van der Waals surface area contributed by atoms with Gasteiger partial charge in [0.2, 0.25) is 0 Å². The zero-order valence-electron chi connectivity index (χ0n) is 16.6. The van der Waals surface area contributed by atoms with E-state index >= 15 is 0 Å². The van der Waals surface area contributed by atoms with Gasteiger partial charge < -0.3 is 10.2 Å². The van der Waals surface area contributed by atoms with Crippen LogP contribution < -0.4 is 10.2 Å². The van der Waals surface area contributed by atoms with E-state index in [1.165, 1.54) is 17.4 Å². The van der Waals surface area contributed by atoms with Gasteiger partial charge in [-0.05, 0) is 50.9 Å². The van der Waals surface area contributed by atoms with Crippen LogP contribution in [-0.2, 0) is 0 Å². The minimum Gasteiger partial charge on any atom is -0.369 e. The third-order valence-electron chi connectivity index (χ3n) is 5.01. The lowest BCUT2D eigenvalue weighted by Gasteiger charge is -2.36. The van der Waals surface area contributed by atoms with Crippen LogP contribution in [0.15, 0.2) is 30.5 Å². The van der Waals surface area contributed by atoms with Gasteiger partial charge in [0.25, 0.3) is 5.91 Å². The Kier molecular flexibility index (Phi) is 7.23. The summed E-state index contributed by atoms with van der Waals surface area (Å²) in [6.45, 7) is 9.85. The van der Waals surface area contributed by atoms with Crippen LogP contribution in [0.3, 0.4) is 0 Å². The minimum atomic E-state index is -0.234. The van der Waals surface area contributed by atoms with Crippen LogP contribution in [0.2, 0.25) is 5.02 Å². The van der Waals surface area contributed by atoms with Gasteiger partial charge in [-0.15, -0.1) is 0 Å². The number of carbonyl (C=O) groups excluding carboxylic acids is 1. The normalized spacial score (nSPS) is 14.9. The van der Waals surface area contributed by atoms with E-state index in [1.807, 2.05) is 0 Å². The first-order chi connectivity index (χ1) is 13.5. The Balaban J connectivity index is 1.33. The number of benzene rings is 1. The summed E-state index contributed by atoms with van der Waals surface area (Å²) in [6.07, 6.45) is 3.46. The molecule has 0 saturated carbocycles. The van der Waals surface area contributed by atoms with Crippen LogP contribution in [0.4, 0.5) is 5.69 Å². The number of aryl methyl sites for hydroxylation is 2. The Morgan fingerprint density at radius 2 is 1.96 bits per heavy atom. The molecule has 7 heteroatoms. The maximum Gasteiger partial charge on any atom is 0.271 e. The molecule has 1 amide bonds. The van der Waals surface area contributed by atoms with Crippen LogP contribution in [0.1, 0.15) is 34.7 Å². The van der Waals surface area contributed by atoms with Gasteiger partial charge in [0, 0.05) is 38.4 Å². The molecule has 0 atom stereocenters. The average Bonchev–Trinajstić information content (AvgIpc) is 2.70. The van der Waals surface area contributed by atoms with Crippen LogP contribution in [0.25, 0.3) is 0 Å². The van der Waals surface area contributed by atoms with Gasteiger partial charge in [0.05, 0.1) is 11.2 Å². The lowest BCUT2D eigenvalue weighted by molar-refractivity contribution is 0.0947. The highest BCUT2D eigenvalue weighted by Crippen LogP contribution is 2.18. The standard InChI is InChI=1S/C21H28ClN5O/c1-16-6-5-7-18(14-16)27-12-10-26(11-13-27)9-4-3-8-23-21(28)20-19(22)15-24-17(2)25-20/h5-7,14-15H,3-4,8-13H2,1-2H3,(H,23,28). The highest BCUT2D eigenvalue weighted by atomic mass is 35.5. The molecule has 1 aromatic heterocycles. The van der Waals surface area contributed by atoms with Gasteiger partial charge >= 0.3 is 0 Å². The van der Waals surface area contributed by atoms with E-state index in [0.717, 1.165) is 45.6 Å². The molecule has 28 heavy (non-hydrogen) atoms. The molecule has 3 rings (SSSR count). The topological polar surface area (TPSA) is 61.4 Å². The first-order valence-electron chi connectivity index (χ1n) is 9.84. The van der Waals surface area contributed by atoms with Crippen LogP contribution in [0, 0.1) is 13.8 Å². The van der Waals surface area contributed by atoms with Crippen LogP contribution in [-0.4, -0.2) is 60.0 Å². The van der Waals surface area contributed by atoms with Crippen molar-refractivity contribution in [2.45, 2.75) is 26.7 Å². The molecule has 1 aliphatic heterocycles. The molecule has 1 N–H and O–H groups in total. The zero-order chi connectivity index (χ0) is 19.9. The van der Waals surface area contributed by atoms with Gasteiger partial charge in [-0.25, -0.2) is 9.97 Å². The SMILES string of the molecule is Cc1cccc(N2CCN(CCCCNC(=O)c3nc(C)ncc3Cl)CC2)c1. The molecule has 1 aromatic carbocycles. The number of hydrogen-bond acceptors (Lipinski definition) is 5. The molecule has 0 spiro atoms. The Labute approximate surface area is 171 Å². The van der Waals surface area contributed by atoms with Gasteiger partial charge in [-0.1, -0.05) is 23.7 Å². The van der Waals surface area contributed by atoms with Crippen molar-refractivity contribution in [3.8, 4) is 0 Å². The Morgan fingerprint density at radius 3 is 2.71 bits per heavy atom. The van der Waals surface area contributed by atoms with E-state index in [0.29, 0.717) is 12.4 Å². The Hall–Kier alpha value is -2.18. The summed E-state index contributed by atoms with van der Waals surface area (Å²) in [5.41, 5.74) is 2.88. The van der Waals surface area contributed by atoms with E-state index < -0.39 is 0 Å². The number of anilines is 1. The minimum absolute atomic E-state index is 0.234. The number of rotatable bonds is 7. The first kappa shape index (κ1) is 20.6. The smallest absolute Gasteiger partial charge is 0.271 e. The van der Waals surface area contributed by atoms with Crippen LogP contribution in [0.5, 0.6) is 0 Å². The van der Waals surface area contributed by atoms with Gasteiger partial charge in [0.15, 0.2) is 0 Å². The van der Waals surface area contributed by atoms with E-state index in [2.05, 4.69) is 56.3 Å². The fourth-order valence-electron chi connectivity index (χ4n) is 3.41. The quantitative estimate of drug-likeness (QED) is 0.722. The Morgan fingerprint density at radius 1 is 1.18 bits per heavy atom. The largest absolute Gasteiger partial charge is 0.369 e. The number of aromatic nitrogens is 2. The molecule has 150 valence electrons. The van der Waals surface area contributed by atoms with E-state index in [4.69, 9.17) is 11.6 Å². The van der Waals surface area contributed by atoms with Crippen molar-refractivity contribution < 1.29 is 4.79 Å². The summed E-state index contributed by atoms with van der Waals surface area (Å²) < 4.78 is 0. The monoisotopic (exact) mass is 401 g/mol. The number of carbonyl (C=O) groups is 1. The van der Waals surface area contributed by atoms with Crippen molar-refractivity contribution in [2.24, 2.45) is 0 Å². The fraction of sp³-hybridized carbons (Fsp3) is 0.476. The molecule has 1 fully saturated rings. The van der Waals surface area contributed by atoms with Crippen molar-refractivity contribution in [1.29, 1.82) is 0 Å². The molecule has 2 heterocycles. The molecule has 0 bridgehead atoms. The van der Waals surface area contributed by atoms with Crippen molar-refractivity contribution >= 4 is 23.2 Å². The van der Waals surface area contributed by atoms with Crippen molar-refractivity contribution in [3.05, 3.63) is 52.6 Å². The lowest BCUT2D eigenvalue weighted by Crippen LogP contribution is -2.46. The van der Waals surface area contributed by atoms with Crippen LogP contribution >= 0.6 is 11.6 Å². The van der Waals surface area contributed by atoms with E-state index in [-0.39, 0.29) is 16.6 Å². The van der Waals surface area contributed by atoms with E-state index in [9.17, 15) is 4.79 Å². The number of unbranched alkanes of at least 4 members (excludes halogenated alkanes) is 1. The number of hydrogen-bond donors (Lipinski definition) is 1. The molecule has 6 nitrogen and oxygen atoms in total. The van der Waals surface area contributed by atoms with Gasteiger partial charge in [0.1, 0.15) is 11.5 Å². The summed E-state index contributed by atoms with van der Waals surface area (Å²) in [5.74, 6) is 0.307. The summed E-state index contributed by atoms with van der Waals surface area (Å²) in [7, 11) is 0. The third-order valence-corrected chi connectivity index (χ3v) is 5.28. The predicted molar refractivity (Wildman–Crippen MR) is 113 cm³/mol.